The molecule has 1 aliphatic rings. The molecule has 0 radical (unpaired) electrons. The highest BCUT2D eigenvalue weighted by molar-refractivity contribution is 5.96. The van der Waals surface area contributed by atoms with Gasteiger partial charge in [-0.05, 0) is 67.8 Å². The fourth-order valence-electron chi connectivity index (χ4n) is 4.01. The van der Waals surface area contributed by atoms with Gasteiger partial charge in [0, 0.05) is 17.5 Å². The number of pyridine rings is 1. The molecule has 0 N–H and O–H groups in total. The first kappa shape index (κ1) is 21.1. The number of hydrogen-bond acceptors (Lipinski definition) is 4. The van der Waals surface area contributed by atoms with E-state index in [-0.39, 0.29) is 18.5 Å². The molecule has 2 heterocycles. The fraction of sp³-hybridized carbons (Fsp3) is 0.304. The molecule has 1 aromatic heterocycles. The number of alkyl halides is 3. The van der Waals surface area contributed by atoms with Crippen LogP contribution in [0.15, 0.2) is 48.5 Å². The molecule has 0 spiro atoms. The second kappa shape index (κ2) is 8.17. The van der Waals surface area contributed by atoms with Crippen LogP contribution in [0.4, 0.5) is 23.2 Å². The molecule has 0 bridgehead atoms. The van der Waals surface area contributed by atoms with E-state index < -0.39 is 24.0 Å². The van der Waals surface area contributed by atoms with Crippen LogP contribution in [-0.4, -0.2) is 36.8 Å². The minimum absolute atomic E-state index is 0.00735. The van der Waals surface area contributed by atoms with Crippen LogP contribution in [0, 0.1) is 5.82 Å². The van der Waals surface area contributed by atoms with Gasteiger partial charge in [0.2, 0.25) is 0 Å². The summed E-state index contributed by atoms with van der Waals surface area (Å²) in [6, 6.07) is 10.2. The van der Waals surface area contributed by atoms with Crippen molar-refractivity contribution in [2.75, 3.05) is 18.6 Å². The van der Waals surface area contributed by atoms with Crippen molar-refractivity contribution in [3.05, 3.63) is 59.9 Å². The van der Waals surface area contributed by atoms with Gasteiger partial charge in [0.1, 0.15) is 11.9 Å². The number of aromatic nitrogens is 1. The molecule has 2 aromatic carbocycles. The van der Waals surface area contributed by atoms with Gasteiger partial charge >= 0.3 is 12.1 Å². The Labute approximate surface area is 176 Å². The Hall–Kier alpha value is -3.16. The van der Waals surface area contributed by atoms with E-state index in [9.17, 15) is 22.4 Å². The molecule has 0 saturated carbocycles. The highest BCUT2D eigenvalue weighted by atomic mass is 19.4. The minimum Gasteiger partial charge on any atom is -0.465 e. The zero-order chi connectivity index (χ0) is 22.2. The molecule has 0 unspecified atom stereocenters. The Bertz CT molecular complexity index is 1110. The number of anilines is 1. The van der Waals surface area contributed by atoms with Gasteiger partial charge in [-0.2, -0.15) is 13.2 Å². The van der Waals surface area contributed by atoms with Crippen LogP contribution in [0.25, 0.3) is 22.2 Å². The third-order valence-electron chi connectivity index (χ3n) is 5.52. The van der Waals surface area contributed by atoms with Gasteiger partial charge in [0.05, 0.1) is 29.6 Å². The number of fused-ring (bicyclic) bond motifs is 1. The molecule has 0 aliphatic carbocycles. The molecule has 1 saturated heterocycles. The Balaban J connectivity index is 1.93. The van der Waals surface area contributed by atoms with E-state index in [1.54, 1.807) is 24.3 Å². The van der Waals surface area contributed by atoms with Gasteiger partial charge in [-0.3, -0.25) is 0 Å². The third-order valence-corrected chi connectivity index (χ3v) is 5.52. The first-order valence-corrected chi connectivity index (χ1v) is 9.90. The van der Waals surface area contributed by atoms with Crippen molar-refractivity contribution in [1.82, 2.24) is 4.98 Å². The lowest BCUT2D eigenvalue weighted by Gasteiger charge is -2.39. The van der Waals surface area contributed by atoms with E-state index >= 15 is 0 Å². The number of piperidine rings is 1. The van der Waals surface area contributed by atoms with Gasteiger partial charge in [0.25, 0.3) is 0 Å². The number of carbonyl (C=O) groups is 1. The zero-order valence-electron chi connectivity index (χ0n) is 16.7. The van der Waals surface area contributed by atoms with Crippen molar-refractivity contribution in [2.24, 2.45) is 0 Å². The fourth-order valence-corrected chi connectivity index (χ4v) is 4.01. The number of benzene rings is 2. The minimum atomic E-state index is -4.40. The van der Waals surface area contributed by atoms with Gasteiger partial charge in [-0.25, -0.2) is 14.2 Å². The van der Waals surface area contributed by atoms with E-state index in [2.05, 4.69) is 4.98 Å². The summed E-state index contributed by atoms with van der Waals surface area (Å²) < 4.78 is 59.7. The third kappa shape index (κ3) is 4.19. The van der Waals surface area contributed by atoms with Crippen LogP contribution >= 0.6 is 0 Å². The average Bonchev–Trinajstić information content (AvgIpc) is 2.77. The van der Waals surface area contributed by atoms with E-state index in [1.807, 2.05) is 0 Å². The van der Waals surface area contributed by atoms with Crippen molar-refractivity contribution in [3.8, 4) is 11.3 Å². The lowest BCUT2D eigenvalue weighted by molar-refractivity contribution is -0.152. The predicted molar refractivity (Wildman–Crippen MR) is 110 cm³/mol. The maximum absolute atomic E-state index is 13.8. The topological polar surface area (TPSA) is 42.4 Å². The predicted octanol–water partition coefficient (Wildman–Crippen LogP) is 5.75. The average molecular weight is 432 g/mol. The summed E-state index contributed by atoms with van der Waals surface area (Å²) in [5.41, 5.74) is 1.96. The van der Waals surface area contributed by atoms with Crippen molar-refractivity contribution < 1.29 is 27.1 Å². The summed E-state index contributed by atoms with van der Waals surface area (Å²) in [5, 5.41) is 0.523. The lowest BCUT2D eigenvalue weighted by Crippen LogP contribution is -2.49. The molecule has 8 heteroatoms. The number of methoxy groups -OCH3 is 1. The van der Waals surface area contributed by atoms with E-state index in [4.69, 9.17) is 4.74 Å². The standard InChI is InChI=1S/C23H20F4N2O2/c1-31-22(30)15-7-10-18-16(12-15)13-19(21(28-18)14-5-8-17(24)9-6-14)29-11-3-2-4-20(29)23(25,26)27/h5-10,12-13,20H,2-4,11H2,1H3/t20-/m1/s1. The van der Waals surface area contributed by atoms with E-state index in [0.29, 0.717) is 40.7 Å². The highest BCUT2D eigenvalue weighted by Gasteiger charge is 2.45. The Morgan fingerprint density at radius 2 is 1.84 bits per heavy atom. The highest BCUT2D eigenvalue weighted by Crippen LogP contribution is 2.40. The van der Waals surface area contributed by atoms with Crippen LogP contribution in [0.3, 0.4) is 0 Å². The van der Waals surface area contributed by atoms with Crippen LogP contribution in [0.5, 0.6) is 0 Å². The second-order valence-corrected chi connectivity index (χ2v) is 7.51. The Morgan fingerprint density at radius 1 is 1.10 bits per heavy atom. The van der Waals surface area contributed by atoms with Crippen LogP contribution in [-0.2, 0) is 4.74 Å². The molecule has 4 nitrogen and oxygen atoms in total. The Kier molecular flexibility index (Phi) is 5.56. The van der Waals surface area contributed by atoms with Crippen LogP contribution in [0.1, 0.15) is 29.6 Å². The molecule has 1 fully saturated rings. The van der Waals surface area contributed by atoms with E-state index in [0.717, 1.165) is 0 Å². The summed E-state index contributed by atoms with van der Waals surface area (Å²) in [6.45, 7) is 0.224. The summed E-state index contributed by atoms with van der Waals surface area (Å²) in [6.07, 6.45) is -3.30. The molecular formula is C23H20F4N2O2. The van der Waals surface area contributed by atoms with Gasteiger partial charge in [0.15, 0.2) is 0 Å². The smallest absolute Gasteiger partial charge is 0.408 e. The van der Waals surface area contributed by atoms with Crippen molar-refractivity contribution in [2.45, 2.75) is 31.5 Å². The SMILES string of the molecule is COC(=O)c1ccc2nc(-c3ccc(F)cc3)c(N3CCCC[C@@H]3C(F)(F)F)cc2c1. The quantitative estimate of drug-likeness (QED) is 0.391. The van der Waals surface area contributed by atoms with Crippen LogP contribution in [0.2, 0.25) is 0 Å². The maximum atomic E-state index is 13.8. The molecule has 1 atom stereocenters. The molecular weight excluding hydrogens is 412 g/mol. The number of esters is 1. The maximum Gasteiger partial charge on any atom is 0.408 e. The van der Waals surface area contributed by atoms with Crippen molar-refractivity contribution >= 4 is 22.6 Å². The monoisotopic (exact) mass is 432 g/mol. The molecule has 3 aromatic rings. The normalized spacial score (nSPS) is 17.1. The lowest BCUT2D eigenvalue weighted by atomic mass is 9.98. The van der Waals surface area contributed by atoms with E-state index in [1.165, 1.54) is 36.3 Å². The first-order chi connectivity index (χ1) is 14.8. The number of nitrogens with zero attached hydrogens (tertiary/aromatic N) is 2. The molecule has 162 valence electrons. The van der Waals surface area contributed by atoms with Gasteiger partial charge in [-0.1, -0.05) is 0 Å². The number of carbonyl (C=O) groups excluding carboxylic acids is 1. The van der Waals surface area contributed by atoms with Crippen LogP contribution < -0.4 is 4.90 Å². The van der Waals surface area contributed by atoms with Gasteiger partial charge < -0.3 is 9.64 Å². The van der Waals surface area contributed by atoms with Crippen molar-refractivity contribution in [3.63, 3.8) is 0 Å². The molecule has 31 heavy (non-hydrogen) atoms. The number of rotatable bonds is 3. The largest absolute Gasteiger partial charge is 0.465 e. The number of halogens is 4. The van der Waals surface area contributed by atoms with Crippen molar-refractivity contribution in [1.29, 1.82) is 0 Å². The summed E-state index contributed by atoms with van der Waals surface area (Å²) in [7, 11) is 1.26. The summed E-state index contributed by atoms with van der Waals surface area (Å²) in [4.78, 5) is 17.9. The molecule has 0 amide bonds. The second-order valence-electron chi connectivity index (χ2n) is 7.51. The van der Waals surface area contributed by atoms with Gasteiger partial charge in [-0.15, -0.1) is 0 Å². The summed E-state index contributed by atoms with van der Waals surface area (Å²) in [5.74, 6) is -0.989. The number of ether oxygens (including phenoxy) is 1. The first-order valence-electron chi connectivity index (χ1n) is 9.90. The summed E-state index contributed by atoms with van der Waals surface area (Å²) >= 11 is 0. The molecule has 4 rings (SSSR count). The molecule has 1 aliphatic heterocycles. The zero-order valence-corrected chi connectivity index (χ0v) is 16.7. The number of hydrogen-bond donors (Lipinski definition) is 0. The Morgan fingerprint density at radius 3 is 2.52 bits per heavy atom.